The molecule has 11 nitrogen and oxygen atoms in total. The molecule has 5 rings (SSSR count). The highest BCUT2D eigenvalue weighted by molar-refractivity contribution is 9.10. The van der Waals surface area contributed by atoms with Crippen LogP contribution in [0.1, 0.15) is 31.9 Å². The Bertz CT molecular complexity index is 1710. The number of benzene rings is 1. The lowest BCUT2D eigenvalue weighted by Gasteiger charge is -2.48. The van der Waals surface area contributed by atoms with Crippen LogP contribution in [0.2, 0.25) is 5.02 Å². The van der Waals surface area contributed by atoms with Crippen LogP contribution in [0.5, 0.6) is 5.75 Å². The van der Waals surface area contributed by atoms with Gasteiger partial charge in [-0.3, -0.25) is 9.78 Å². The Hall–Kier alpha value is -3.20. The summed E-state index contributed by atoms with van der Waals surface area (Å²) in [5.74, 6) is -1.82. The third-order valence-electron chi connectivity index (χ3n) is 8.19. The molecular weight excluding hydrogens is 726 g/mol. The Morgan fingerprint density at radius 1 is 1.26 bits per heavy atom. The maximum absolute atomic E-state index is 15.2. The van der Waals surface area contributed by atoms with Crippen LogP contribution in [0.3, 0.4) is 0 Å². The van der Waals surface area contributed by atoms with Gasteiger partial charge in [0, 0.05) is 42.8 Å². The molecule has 0 radical (unpaired) electrons. The Morgan fingerprint density at radius 3 is 2.48 bits per heavy atom. The van der Waals surface area contributed by atoms with Gasteiger partial charge in [0.2, 0.25) is 5.91 Å². The number of pyridine rings is 1. The SMILES string of the molecule is C[C@H](Oc1ccc(S(=O)(=O)[C@@H]2C[C@H](OC(=O)NC3(C#N)CC3)N(C(=O)C3(c4ncc(Br)cc4F)CN(C)C3)C2)c(Cl)c1)C(F)(F)F. The first kappa shape index (κ1) is 34.1. The van der Waals surface area contributed by atoms with Gasteiger partial charge in [-0.15, -0.1) is 0 Å². The molecule has 1 N–H and O–H groups in total. The van der Waals surface area contributed by atoms with Crippen molar-refractivity contribution < 1.29 is 45.0 Å². The van der Waals surface area contributed by atoms with Gasteiger partial charge in [0.05, 0.1) is 26.9 Å². The van der Waals surface area contributed by atoms with Gasteiger partial charge in [-0.05, 0) is 60.9 Å². The highest BCUT2D eigenvalue weighted by Gasteiger charge is 2.57. The Kier molecular flexibility index (Phi) is 8.99. The summed E-state index contributed by atoms with van der Waals surface area (Å²) in [5.41, 5.74) is -2.83. The quantitative estimate of drug-likeness (QED) is 0.390. The average Bonchev–Trinajstić information content (AvgIpc) is 3.58. The largest absolute Gasteiger partial charge is 0.481 e. The molecule has 3 heterocycles. The molecule has 2 aromatic rings. The number of carbonyl (C=O) groups is 2. The molecule has 1 aromatic heterocycles. The molecule has 18 heteroatoms. The summed E-state index contributed by atoms with van der Waals surface area (Å²) in [6.07, 6.45) is -7.69. The van der Waals surface area contributed by atoms with Crippen molar-refractivity contribution in [2.45, 2.75) is 65.8 Å². The second kappa shape index (κ2) is 12.1. The number of carbonyl (C=O) groups excluding carboxylic acids is 2. The number of nitrogens with one attached hydrogen (secondary N) is 1. The van der Waals surface area contributed by atoms with Crippen molar-refractivity contribution in [3.63, 3.8) is 0 Å². The van der Waals surface area contributed by atoms with Gasteiger partial charge in [0.15, 0.2) is 22.2 Å². The van der Waals surface area contributed by atoms with E-state index in [1.807, 2.05) is 6.07 Å². The number of amides is 2. The Labute approximate surface area is 274 Å². The number of hydrogen-bond donors (Lipinski definition) is 1. The van der Waals surface area contributed by atoms with E-state index >= 15 is 4.39 Å². The summed E-state index contributed by atoms with van der Waals surface area (Å²) in [6.45, 7) is 0.353. The Morgan fingerprint density at radius 2 is 1.93 bits per heavy atom. The third-order valence-corrected chi connectivity index (χ3v) is 11.2. The second-order valence-electron chi connectivity index (χ2n) is 11.7. The van der Waals surface area contributed by atoms with Crippen molar-refractivity contribution in [1.82, 2.24) is 20.1 Å². The van der Waals surface area contributed by atoms with Gasteiger partial charge in [0.1, 0.15) is 22.5 Å². The van der Waals surface area contributed by atoms with Crippen molar-refractivity contribution in [2.24, 2.45) is 0 Å². The van der Waals surface area contributed by atoms with Crippen LogP contribution < -0.4 is 10.1 Å². The minimum absolute atomic E-state index is 0.0331. The van der Waals surface area contributed by atoms with Gasteiger partial charge in [-0.2, -0.15) is 18.4 Å². The standard InChI is InChI=1S/C28H27BrClF4N5O6S/c1-15(28(32,33)34)44-17-3-4-21(19(30)8-17)46(42,43)18-9-22(45-25(41)37-26(12-35)5-6-26)39(11-18)24(40)27(13-38(2)14-27)23-20(31)7-16(29)10-36-23/h3-4,7-8,10,15,18,22H,5-6,9,11,13-14H2,1-2H3,(H,37,41)/t15-,18+,22-/m0/s1. The number of ether oxygens (including phenoxy) is 2. The molecule has 0 bridgehead atoms. The number of rotatable bonds is 8. The van der Waals surface area contributed by atoms with Crippen LogP contribution in [-0.4, -0.2) is 91.2 Å². The number of aromatic nitrogens is 1. The first-order chi connectivity index (χ1) is 21.4. The van der Waals surface area contributed by atoms with Crippen LogP contribution in [0, 0.1) is 17.1 Å². The zero-order valence-corrected chi connectivity index (χ0v) is 27.4. The first-order valence-electron chi connectivity index (χ1n) is 13.9. The van der Waals surface area contributed by atoms with Crippen molar-refractivity contribution >= 4 is 49.4 Å². The van der Waals surface area contributed by atoms with E-state index in [1.54, 1.807) is 11.9 Å². The number of alkyl halides is 3. The number of sulfone groups is 1. The van der Waals surface area contributed by atoms with Crippen molar-refractivity contribution in [3.8, 4) is 11.8 Å². The molecule has 3 aliphatic rings. The number of nitriles is 1. The fourth-order valence-corrected chi connectivity index (χ4v) is 8.11. The lowest BCUT2D eigenvalue weighted by molar-refractivity contribution is -0.189. The summed E-state index contributed by atoms with van der Waals surface area (Å²) in [7, 11) is -2.71. The van der Waals surface area contributed by atoms with E-state index in [0.29, 0.717) is 17.3 Å². The highest BCUT2D eigenvalue weighted by Crippen LogP contribution is 2.41. The number of nitrogens with zero attached hydrogens (tertiary/aromatic N) is 4. The topological polar surface area (TPSA) is 142 Å². The average molecular weight is 753 g/mol. The van der Waals surface area contributed by atoms with E-state index in [4.69, 9.17) is 21.1 Å². The number of likely N-dealkylation sites (N-methyl/N-ethyl adjacent to an activating group) is 1. The van der Waals surface area contributed by atoms with Crippen LogP contribution in [0.25, 0.3) is 0 Å². The van der Waals surface area contributed by atoms with Gasteiger partial charge in [0.25, 0.3) is 0 Å². The van der Waals surface area contributed by atoms with Gasteiger partial charge in [-0.1, -0.05) is 11.6 Å². The summed E-state index contributed by atoms with van der Waals surface area (Å²) in [4.78, 5) is 33.6. The molecule has 248 valence electrons. The smallest absolute Gasteiger partial charge is 0.425 e. The predicted octanol–water partition coefficient (Wildman–Crippen LogP) is 4.33. The third kappa shape index (κ3) is 6.49. The molecule has 0 unspecified atom stereocenters. The normalized spacial score (nSPS) is 22.7. The Balaban J connectivity index is 1.46. The van der Waals surface area contributed by atoms with E-state index in [-0.39, 0.29) is 24.5 Å². The fourth-order valence-electron chi connectivity index (χ4n) is 5.59. The molecule has 2 amide bonds. The van der Waals surface area contributed by atoms with Crippen molar-refractivity contribution in [2.75, 3.05) is 26.7 Å². The van der Waals surface area contributed by atoms with E-state index in [9.17, 15) is 36.4 Å². The lowest BCUT2D eigenvalue weighted by atomic mass is 9.75. The van der Waals surface area contributed by atoms with Gasteiger partial charge in [-0.25, -0.2) is 17.6 Å². The number of alkyl carbamates (subject to hydrolysis) is 1. The summed E-state index contributed by atoms with van der Waals surface area (Å²) in [6, 6.07) is 6.08. The van der Waals surface area contributed by atoms with Crippen molar-refractivity contribution in [1.29, 1.82) is 5.26 Å². The second-order valence-corrected chi connectivity index (χ2v) is 15.2. The van der Waals surface area contributed by atoms with E-state index in [2.05, 4.69) is 26.2 Å². The molecule has 1 aromatic carbocycles. The maximum Gasteiger partial charge on any atom is 0.425 e. The van der Waals surface area contributed by atoms with Crippen molar-refractivity contribution in [3.05, 3.63) is 51.5 Å². The van der Waals surface area contributed by atoms with Crippen LogP contribution in [0.15, 0.2) is 39.8 Å². The molecule has 3 atom stereocenters. The summed E-state index contributed by atoms with van der Waals surface area (Å²) >= 11 is 9.37. The number of likely N-dealkylation sites (tertiary alicyclic amines) is 2. The number of hydrogen-bond acceptors (Lipinski definition) is 9. The lowest BCUT2D eigenvalue weighted by Crippen LogP contribution is -2.67. The molecule has 3 fully saturated rings. The van der Waals surface area contributed by atoms with Crippen LogP contribution >= 0.6 is 27.5 Å². The van der Waals surface area contributed by atoms with Crippen LogP contribution in [0.4, 0.5) is 22.4 Å². The van der Waals surface area contributed by atoms with E-state index < -0.39 is 85.3 Å². The van der Waals surface area contributed by atoms with Gasteiger partial charge < -0.3 is 24.6 Å². The molecular formula is C28H27BrClF4N5O6S. The summed E-state index contributed by atoms with van der Waals surface area (Å²) in [5, 5.41) is 9.99. The molecule has 46 heavy (non-hydrogen) atoms. The zero-order chi connectivity index (χ0) is 33.8. The molecule has 1 aliphatic carbocycles. The predicted molar refractivity (Wildman–Crippen MR) is 157 cm³/mol. The minimum atomic E-state index is -4.67. The van der Waals surface area contributed by atoms with Gasteiger partial charge >= 0.3 is 12.3 Å². The highest BCUT2D eigenvalue weighted by atomic mass is 79.9. The number of halogens is 6. The first-order valence-corrected chi connectivity index (χ1v) is 16.6. The monoisotopic (exact) mass is 751 g/mol. The molecule has 0 spiro atoms. The maximum atomic E-state index is 15.2. The molecule has 1 saturated carbocycles. The van der Waals surface area contributed by atoms with E-state index in [1.165, 1.54) is 6.20 Å². The summed E-state index contributed by atoms with van der Waals surface area (Å²) < 4.78 is 92.5. The van der Waals surface area contributed by atoms with Crippen LogP contribution in [-0.2, 0) is 24.8 Å². The zero-order valence-electron chi connectivity index (χ0n) is 24.3. The minimum Gasteiger partial charge on any atom is -0.481 e. The molecule has 2 aliphatic heterocycles. The fraction of sp³-hybridized carbons (Fsp3) is 0.500. The van der Waals surface area contributed by atoms with E-state index in [0.717, 1.165) is 36.1 Å². The molecule has 2 saturated heterocycles.